The fourth-order valence-electron chi connectivity index (χ4n) is 8.55. The molecule has 0 saturated heterocycles. The van der Waals surface area contributed by atoms with Gasteiger partial charge >= 0.3 is 0 Å². The molecule has 2 heterocycles. The molecule has 0 spiro atoms. The van der Waals surface area contributed by atoms with E-state index in [0.717, 1.165) is 77.9 Å². The van der Waals surface area contributed by atoms with Crippen LogP contribution < -0.4 is 0 Å². The van der Waals surface area contributed by atoms with Crippen molar-refractivity contribution in [2.45, 2.75) is 0 Å². The maximum Gasteiger partial charge on any atom is 0.164 e. The van der Waals surface area contributed by atoms with E-state index in [1.54, 1.807) is 0 Å². The van der Waals surface area contributed by atoms with Crippen LogP contribution in [0.2, 0.25) is 0 Å². The summed E-state index contributed by atoms with van der Waals surface area (Å²) in [6.07, 6.45) is 0. The van der Waals surface area contributed by atoms with Crippen molar-refractivity contribution in [2.24, 2.45) is 0 Å². The standard InChI is InChI=1S/C61H39N7/c62-40-48-27-13-14-28-49(48)47-37-38-53(52-31-17-18-32-54(52)61-67-58(44-23-9-3-10-24-44)66-59(68-61)45-25-11-4-12-26-45)55(39-47)51-30-16-15-29-50(51)41-33-35-46(36-34-41)60-64-56(42-19-5-1-6-20-42)63-57(65-60)43-21-7-2-8-22-43/h1-39H. The van der Waals surface area contributed by atoms with Gasteiger partial charge in [-0.1, -0.05) is 224 Å². The average molecular weight is 870 g/mol. The maximum absolute atomic E-state index is 10.2. The van der Waals surface area contributed by atoms with Crippen LogP contribution in [0.1, 0.15) is 5.56 Å². The fourth-order valence-corrected chi connectivity index (χ4v) is 8.55. The van der Waals surface area contributed by atoms with Gasteiger partial charge in [-0.15, -0.1) is 0 Å². The monoisotopic (exact) mass is 869 g/mol. The molecule has 11 aromatic rings. The molecule has 7 nitrogen and oxygen atoms in total. The van der Waals surface area contributed by atoms with Crippen LogP contribution in [-0.2, 0) is 0 Å². The van der Waals surface area contributed by atoms with Crippen molar-refractivity contribution < 1.29 is 0 Å². The third-order valence-corrected chi connectivity index (χ3v) is 11.9. The minimum Gasteiger partial charge on any atom is -0.208 e. The summed E-state index contributed by atoms with van der Waals surface area (Å²) in [4.78, 5) is 30.1. The highest BCUT2D eigenvalue weighted by Crippen LogP contribution is 2.44. The molecular formula is C61H39N7. The molecule has 0 fully saturated rings. The molecule has 0 aliphatic heterocycles. The first-order chi connectivity index (χ1) is 33.7. The van der Waals surface area contributed by atoms with E-state index in [2.05, 4.69) is 91.0 Å². The van der Waals surface area contributed by atoms with Gasteiger partial charge in [0.25, 0.3) is 0 Å². The lowest BCUT2D eigenvalue weighted by Crippen LogP contribution is -2.01. The Morgan fingerprint density at radius 2 is 0.529 bits per heavy atom. The molecule has 0 radical (unpaired) electrons. The molecule has 11 rings (SSSR count). The molecule has 0 unspecified atom stereocenters. The Bertz CT molecular complexity index is 3500. The lowest BCUT2D eigenvalue weighted by Gasteiger charge is -2.19. The highest BCUT2D eigenvalue weighted by Gasteiger charge is 2.21. The van der Waals surface area contributed by atoms with Gasteiger partial charge in [0.05, 0.1) is 11.6 Å². The first-order valence-corrected chi connectivity index (χ1v) is 22.3. The van der Waals surface area contributed by atoms with Crippen molar-refractivity contribution in [3.63, 3.8) is 0 Å². The van der Waals surface area contributed by atoms with Gasteiger partial charge in [-0.2, -0.15) is 5.26 Å². The number of rotatable bonds is 10. The second-order valence-corrected chi connectivity index (χ2v) is 16.2. The molecule has 0 bridgehead atoms. The summed E-state index contributed by atoms with van der Waals surface area (Å²) in [6.45, 7) is 0. The van der Waals surface area contributed by atoms with E-state index in [4.69, 9.17) is 29.9 Å². The third-order valence-electron chi connectivity index (χ3n) is 11.9. The van der Waals surface area contributed by atoms with Gasteiger partial charge in [-0.05, 0) is 56.6 Å². The molecule has 0 amide bonds. The van der Waals surface area contributed by atoms with Crippen molar-refractivity contribution in [2.75, 3.05) is 0 Å². The lowest BCUT2D eigenvalue weighted by atomic mass is 9.85. The summed E-state index contributed by atoms with van der Waals surface area (Å²) in [7, 11) is 0. The number of nitriles is 1. The summed E-state index contributed by atoms with van der Waals surface area (Å²) in [5.74, 6) is 3.55. The summed E-state index contributed by atoms with van der Waals surface area (Å²) in [5, 5.41) is 10.2. The van der Waals surface area contributed by atoms with E-state index in [-0.39, 0.29) is 0 Å². The predicted octanol–water partition coefficient (Wildman–Crippen LogP) is 14.6. The number of nitrogens with zero attached hydrogens (tertiary/aromatic N) is 7. The molecule has 0 aliphatic carbocycles. The summed E-state index contributed by atoms with van der Waals surface area (Å²) < 4.78 is 0. The Labute approximate surface area is 394 Å². The smallest absolute Gasteiger partial charge is 0.164 e. The third kappa shape index (κ3) is 8.33. The average Bonchev–Trinajstić information content (AvgIpc) is 3.43. The molecule has 2 aromatic heterocycles. The number of hydrogen-bond acceptors (Lipinski definition) is 7. The van der Waals surface area contributed by atoms with Gasteiger partial charge in [0.15, 0.2) is 34.9 Å². The second kappa shape index (κ2) is 18.5. The van der Waals surface area contributed by atoms with Crippen LogP contribution in [-0.4, -0.2) is 29.9 Å². The van der Waals surface area contributed by atoms with Crippen molar-refractivity contribution in [1.29, 1.82) is 5.26 Å². The van der Waals surface area contributed by atoms with Crippen LogP contribution in [0, 0.1) is 11.3 Å². The van der Waals surface area contributed by atoms with Crippen LogP contribution in [0.25, 0.3) is 113 Å². The zero-order chi connectivity index (χ0) is 45.7. The number of benzene rings is 9. The Morgan fingerprint density at radius 3 is 0.985 bits per heavy atom. The Morgan fingerprint density at radius 1 is 0.221 bits per heavy atom. The predicted molar refractivity (Wildman–Crippen MR) is 272 cm³/mol. The molecule has 0 N–H and O–H groups in total. The Balaban J connectivity index is 1.06. The van der Waals surface area contributed by atoms with Crippen LogP contribution in [0.3, 0.4) is 0 Å². The molecule has 0 atom stereocenters. The van der Waals surface area contributed by atoms with Gasteiger partial charge in [-0.25, -0.2) is 29.9 Å². The molecule has 318 valence electrons. The van der Waals surface area contributed by atoms with E-state index >= 15 is 0 Å². The normalized spacial score (nSPS) is 10.9. The molecule has 0 aliphatic rings. The minimum absolute atomic E-state index is 0.561. The summed E-state index contributed by atoms with van der Waals surface area (Å²) in [5.41, 5.74) is 13.7. The molecule has 68 heavy (non-hydrogen) atoms. The van der Waals surface area contributed by atoms with Crippen molar-refractivity contribution >= 4 is 0 Å². The largest absolute Gasteiger partial charge is 0.208 e. The highest BCUT2D eigenvalue weighted by molar-refractivity contribution is 5.97. The highest BCUT2D eigenvalue weighted by atomic mass is 15.0. The van der Waals surface area contributed by atoms with Crippen molar-refractivity contribution in [3.05, 3.63) is 242 Å². The van der Waals surface area contributed by atoms with Crippen LogP contribution in [0.4, 0.5) is 0 Å². The molecule has 9 aromatic carbocycles. The fraction of sp³-hybridized carbons (Fsp3) is 0. The number of aromatic nitrogens is 6. The molecular weight excluding hydrogens is 831 g/mol. The molecule has 0 saturated carbocycles. The minimum atomic E-state index is 0.561. The Kier molecular flexibility index (Phi) is 11.2. The first-order valence-electron chi connectivity index (χ1n) is 22.3. The number of hydrogen-bond donors (Lipinski definition) is 0. The van der Waals surface area contributed by atoms with E-state index in [1.807, 2.05) is 152 Å². The van der Waals surface area contributed by atoms with Crippen molar-refractivity contribution in [1.82, 2.24) is 29.9 Å². The second-order valence-electron chi connectivity index (χ2n) is 16.2. The Hall–Kier alpha value is -9.51. The quantitative estimate of drug-likeness (QED) is 0.135. The lowest BCUT2D eigenvalue weighted by molar-refractivity contribution is 1.07. The van der Waals surface area contributed by atoms with E-state index < -0.39 is 0 Å². The van der Waals surface area contributed by atoms with Gasteiger partial charge in [0.2, 0.25) is 0 Å². The van der Waals surface area contributed by atoms with Crippen LogP contribution in [0.5, 0.6) is 0 Å². The topological polar surface area (TPSA) is 101 Å². The maximum atomic E-state index is 10.2. The zero-order valence-corrected chi connectivity index (χ0v) is 36.6. The van der Waals surface area contributed by atoms with E-state index in [0.29, 0.717) is 40.5 Å². The van der Waals surface area contributed by atoms with Crippen molar-refractivity contribution in [3.8, 4) is 119 Å². The van der Waals surface area contributed by atoms with E-state index in [9.17, 15) is 5.26 Å². The van der Waals surface area contributed by atoms with Gasteiger partial charge in [0.1, 0.15) is 0 Å². The van der Waals surface area contributed by atoms with Crippen LogP contribution in [0.15, 0.2) is 237 Å². The van der Waals surface area contributed by atoms with Gasteiger partial charge < -0.3 is 0 Å². The zero-order valence-electron chi connectivity index (χ0n) is 36.6. The van der Waals surface area contributed by atoms with Gasteiger partial charge in [-0.3, -0.25) is 0 Å². The van der Waals surface area contributed by atoms with Crippen LogP contribution >= 0.6 is 0 Å². The summed E-state index contributed by atoms with van der Waals surface area (Å²) in [6, 6.07) is 81.8. The SMILES string of the molecule is N#Cc1ccccc1-c1ccc(-c2ccccc2-c2nc(-c3ccccc3)nc(-c3ccccc3)n2)c(-c2ccccc2-c2ccc(-c3nc(-c4ccccc4)nc(-c4ccccc4)n3)cc2)c1. The van der Waals surface area contributed by atoms with E-state index in [1.165, 1.54) is 0 Å². The molecule has 7 heteroatoms. The van der Waals surface area contributed by atoms with Gasteiger partial charge in [0, 0.05) is 33.4 Å². The first kappa shape index (κ1) is 41.2. The summed E-state index contributed by atoms with van der Waals surface area (Å²) >= 11 is 0.